The van der Waals surface area contributed by atoms with Crippen LogP contribution in [0, 0.1) is 0 Å². The third-order valence-electron chi connectivity index (χ3n) is 3.88. The van der Waals surface area contributed by atoms with Gasteiger partial charge in [0, 0.05) is 24.5 Å². The number of aromatic nitrogens is 1. The molecule has 0 radical (unpaired) electrons. The molecule has 1 aromatic carbocycles. The Bertz CT molecular complexity index is 990. The van der Waals surface area contributed by atoms with Crippen molar-refractivity contribution in [2.45, 2.75) is 4.90 Å². The van der Waals surface area contributed by atoms with E-state index < -0.39 is 27.4 Å². The fourth-order valence-corrected chi connectivity index (χ4v) is 4.51. The van der Waals surface area contributed by atoms with Crippen LogP contribution in [0.25, 0.3) is 16.7 Å². The van der Waals surface area contributed by atoms with Crippen LogP contribution in [0.2, 0.25) is 5.02 Å². The molecule has 0 spiro atoms. The molecular formula is C14H13ClN2O5S. The van der Waals surface area contributed by atoms with E-state index in [1.165, 1.54) is 11.6 Å². The summed E-state index contributed by atoms with van der Waals surface area (Å²) in [7, 11) is -0.138. The van der Waals surface area contributed by atoms with Crippen molar-refractivity contribution < 1.29 is 23.1 Å². The largest absolute Gasteiger partial charge is 0.504 e. The summed E-state index contributed by atoms with van der Waals surface area (Å²) in [5, 5.41) is 11.3. The maximum atomic E-state index is 12.8. The summed E-state index contributed by atoms with van der Waals surface area (Å²) in [5.74, 6) is -1.40. The van der Waals surface area contributed by atoms with Crippen molar-refractivity contribution in [2.24, 2.45) is 7.05 Å². The van der Waals surface area contributed by atoms with Gasteiger partial charge < -0.3 is 14.4 Å². The van der Waals surface area contributed by atoms with Gasteiger partial charge in [0.15, 0.2) is 11.5 Å². The van der Waals surface area contributed by atoms with Gasteiger partial charge in [0.2, 0.25) is 0 Å². The van der Waals surface area contributed by atoms with Crippen LogP contribution < -0.4 is 0 Å². The lowest BCUT2D eigenvalue weighted by Crippen LogP contribution is -2.35. The molecule has 1 aliphatic rings. The van der Waals surface area contributed by atoms with Gasteiger partial charge in [-0.05, 0) is 18.2 Å². The standard InChI is InChI=1S/C14H13ClN2O5S/c1-16-9-6-7(15)4-5-8(9)13-10(16)12(18)11(14(19)22-3)17(2)23(13,20)21/h4-6,18H,1-3H3. The summed E-state index contributed by atoms with van der Waals surface area (Å²) in [6.07, 6.45) is 0. The summed E-state index contributed by atoms with van der Waals surface area (Å²) in [4.78, 5) is 11.8. The van der Waals surface area contributed by atoms with Crippen LogP contribution in [-0.2, 0) is 26.6 Å². The predicted molar refractivity (Wildman–Crippen MR) is 84.4 cm³/mol. The Balaban J connectivity index is 2.53. The molecule has 2 aromatic rings. The first-order valence-electron chi connectivity index (χ1n) is 6.50. The normalized spacial score (nSPS) is 16.6. The Kier molecular flexibility index (Phi) is 3.35. The van der Waals surface area contributed by atoms with E-state index in [0.717, 1.165) is 11.4 Å². The fraction of sp³-hybridized carbons (Fsp3) is 0.214. The maximum absolute atomic E-state index is 12.8. The lowest BCUT2D eigenvalue weighted by molar-refractivity contribution is -0.137. The van der Waals surface area contributed by atoms with Crippen molar-refractivity contribution in [1.29, 1.82) is 0 Å². The van der Waals surface area contributed by atoms with Crippen LogP contribution in [-0.4, -0.2) is 42.5 Å². The average molecular weight is 357 g/mol. The van der Waals surface area contributed by atoms with E-state index in [1.807, 2.05) is 0 Å². The zero-order valence-electron chi connectivity index (χ0n) is 12.5. The number of ether oxygens (including phenoxy) is 1. The molecule has 23 heavy (non-hydrogen) atoms. The van der Waals surface area contributed by atoms with Crippen molar-refractivity contribution in [2.75, 3.05) is 14.2 Å². The van der Waals surface area contributed by atoms with Crippen molar-refractivity contribution in [3.63, 3.8) is 0 Å². The second-order valence-electron chi connectivity index (χ2n) is 5.06. The Hall–Kier alpha value is -2.19. The number of methoxy groups -OCH3 is 1. The molecule has 1 aromatic heterocycles. The number of likely N-dealkylation sites (N-methyl/N-ethyl adjacent to an activating group) is 1. The molecule has 0 amide bonds. The molecular weight excluding hydrogens is 344 g/mol. The highest BCUT2D eigenvalue weighted by molar-refractivity contribution is 7.89. The van der Waals surface area contributed by atoms with Crippen LogP contribution in [0.5, 0.6) is 0 Å². The highest BCUT2D eigenvalue weighted by Crippen LogP contribution is 2.41. The molecule has 2 heterocycles. The first-order valence-corrected chi connectivity index (χ1v) is 8.32. The van der Waals surface area contributed by atoms with E-state index in [1.54, 1.807) is 25.2 Å². The number of aliphatic hydroxyl groups excluding tert-OH is 1. The monoisotopic (exact) mass is 356 g/mol. The van der Waals surface area contributed by atoms with E-state index >= 15 is 0 Å². The topological polar surface area (TPSA) is 88.8 Å². The molecule has 0 atom stereocenters. The van der Waals surface area contributed by atoms with Crippen molar-refractivity contribution >= 4 is 44.3 Å². The lowest BCUT2D eigenvalue weighted by Gasteiger charge is -2.26. The van der Waals surface area contributed by atoms with Gasteiger partial charge in [-0.3, -0.25) is 4.31 Å². The van der Waals surface area contributed by atoms with Gasteiger partial charge in [-0.25, -0.2) is 13.2 Å². The van der Waals surface area contributed by atoms with E-state index in [4.69, 9.17) is 11.6 Å². The quantitative estimate of drug-likeness (QED) is 0.788. The number of hydrogen-bond acceptors (Lipinski definition) is 5. The second kappa shape index (κ2) is 4.90. The predicted octanol–water partition coefficient (Wildman–Crippen LogP) is 1.87. The lowest BCUT2D eigenvalue weighted by atomic mass is 10.2. The van der Waals surface area contributed by atoms with Gasteiger partial charge in [0.05, 0.1) is 12.6 Å². The number of carbonyl (C=O) groups excluding carboxylic acids is 1. The van der Waals surface area contributed by atoms with E-state index in [2.05, 4.69) is 4.74 Å². The molecule has 0 aliphatic carbocycles. The van der Waals surface area contributed by atoms with E-state index in [-0.39, 0.29) is 10.6 Å². The number of hydrogen-bond donors (Lipinski definition) is 1. The van der Waals surface area contributed by atoms with Crippen molar-refractivity contribution in [3.8, 4) is 0 Å². The average Bonchev–Trinajstić information content (AvgIpc) is 2.79. The van der Waals surface area contributed by atoms with E-state index in [9.17, 15) is 18.3 Å². The molecule has 0 bridgehead atoms. The Labute approximate surface area is 137 Å². The van der Waals surface area contributed by atoms with Crippen LogP contribution in [0.15, 0.2) is 28.8 Å². The van der Waals surface area contributed by atoms with Gasteiger partial charge in [-0.15, -0.1) is 0 Å². The first-order chi connectivity index (χ1) is 10.7. The minimum Gasteiger partial charge on any atom is -0.504 e. The minimum atomic E-state index is -4.03. The van der Waals surface area contributed by atoms with Crippen LogP contribution >= 0.6 is 11.6 Å². The second-order valence-corrected chi connectivity index (χ2v) is 7.40. The number of halogens is 1. The highest BCUT2D eigenvalue weighted by Gasteiger charge is 2.42. The number of benzene rings is 1. The summed E-state index contributed by atoms with van der Waals surface area (Å²) in [6.45, 7) is 0. The molecule has 0 saturated carbocycles. The highest BCUT2D eigenvalue weighted by atomic mass is 35.5. The summed E-state index contributed by atoms with van der Waals surface area (Å²) >= 11 is 5.97. The van der Waals surface area contributed by atoms with Gasteiger partial charge in [-0.2, -0.15) is 0 Å². The summed E-state index contributed by atoms with van der Waals surface area (Å²) in [6, 6.07) is 4.73. The zero-order valence-corrected chi connectivity index (χ0v) is 14.1. The molecule has 1 N–H and O–H groups in total. The van der Waals surface area contributed by atoms with Gasteiger partial charge >= 0.3 is 5.97 Å². The van der Waals surface area contributed by atoms with Crippen LogP contribution in [0.1, 0.15) is 5.69 Å². The molecule has 3 rings (SSSR count). The molecule has 0 fully saturated rings. The number of aliphatic hydroxyl groups is 1. The summed E-state index contributed by atoms with van der Waals surface area (Å²) < 4.78 is 32.4. The SMILES string of the molecule is COC(=O)C1=C(O)c2c(c3ccc(Cl)cc3n2C)S(=O)(=O)N1C. The van der Waals surface area contributed by atoms with Gasteiger partial charge in [0.1, 0.15) is 10.6 Å². The zero-order chi connectivity index (χ0) is 17.1. The van der Waals surface area contributed by atoms with Crippen molar-refractivity contribution in [1.82, 2.24) is 8.87 Å². The first kappa shape index (κ1) is 15.7. The minimum absolute atomic E-state index is 0.0285. The molecule has 122 valence electrons. The maximum Gasteiger partial charge on any atom is 0.359 e. The number of rotatable bonds is 1. The Morgan fingerprint density at radius 1 is 1.30 bits per heavy atom. The number of fused-ring (bicyclic) bond motifs is 3. The van der Waals surface area contributed by atoms with Crippen LogP contribution in [0.3, 0.4) is 0 Å². The summed E-state index contributed by atoms with van der Waals surface area (Å²) in [5.41, 5.74) is 0.120. The third kappa shape index (κ3) is 1.95. The molecule has 0 unspecified atom stereocenters. The van der Waals surface area contributed by atoms with E-state index in [0.29, 0.717) is 15.9 Å². The fourth-order valence-electron chi connectivity index (χ4n) is 2.74. The molecule has 7 nitrogen and oxygen atoms in total. The molecule has 9 heteroatoms. The molecule has 1 aliphatic heterocycles. The van der Waals surface area contributed by atoms with Gasteiger partial charge in [-0.1, -0.05) is 11.6 Å². The number of nitrogens with zero attached hydrogens (tertiary/aromatic N) is 2. The Morgan fingerprint density at radius 3 is 2.57 bits per heavy atom. The number of aryl methyl sites for hydroxylation is 1. The van der Waals surface area contributed by atoms with Gasteiger partial charge in [0.25, 0.3) is 10.0 Å². The van der Waals surface area contributed by atoms with Crippen molar-refractivity contribution in [3.05, 3.63) is 34.6 Å². The number of carbonyl (C=O) groups is 1. The molecule has 0 saturated heterocycles. The van der Waals surface area contributed by atoms with Crippen LogP contribution in [0.4, 0.5) is 0 Å². The third-order valence-corrected chi connectivity index (χ3v) is 5.94. The smallest absolute Gasteiger partial charge is 0.359 e. The number of esters is 1. The number of sulfonamides is 1. The Morgan fingerprint density at radius 2 is 1.96 bits per heavy atom.